The van der Waals surface area contributed by atoms with Crippen LogP contribution in [0.4, 0.5) is 17.3 Å². The summed E-state index contributed by atoms with van der Waals surface area (Å²) < 4.78 is 5.28. The smallest absolute Gasteiger partial charge is 0.181 e. The highest BCUT2D eigenvalue weighted by molar-refractivity contribution is 5.78. The molecule has 6 heteroatoms. The van der Waals surface area contributed by atoms with Gasteiger partial charge in [0.25, 0.3) is 0 Å². The van der Waals surface area contributed by atoms with Crippen LogP contribution in [0, 0.1) is 0 Å². The maximum absolute atomic E-state index is 5.28. The van der Waals surface area contributed by atoms with E-state index in [1.807, 2.05) is 24.3 Å². The summed E-state index contributed by atoms with van der Waals surface area (Å²) in [6, 6.07) is 7.91. The molecule has 0 fully saturated rings. The molecule has 102 valence electrons. The first-order valence-electron chi connectivity index (χ1n) is 6.39. The normalized spacial score (nSPS) is 10.9. The molecule has 0 aliphatic carbocycles. The van der Waals surface area contributed by atoms with Crippen LogP contribution in [0.3, 0.4) is 0 Å². The number of rotatable bonds is 4. The molecule has 0 spiro atoms. The summed E-state index contributed by atoms with van der Waals surface area (Å²) in [7, 11) is 0. The van der Waals surface area contributed by atoms with Crippen LogP contribution < -0.4 is 10.6 Å². The topological polar surface area (TPSA) is 75.9 Å². The van der Waals surface area contributed by atoms with E-state index in [0.717, 1.165) is 28.4 Å². The van der Waals surface area contributed by atoms with Crippen LogP contribution >= 0.6 is 0 Å². The molecule has 1 aromatic carbocycles. The number of benzene rings is 1. The number of fused-ring (bicyclic) bond motifs is 1. The minimum Gasteiger partial charge on any atom is -0.443 e. The van der Waals surface area contributed by atoms with Crippen molar-refractivity contribution in [2.75, 3.05) is 10.6 Å². The molecular weight excluding hydrogens is 254 g/mol. The van der Waals surface area contributed by atoms with Crippen LogP contribution in [0.1, 0.15) is 13.8 Å². The predicted molar refractivity (Wildman–Crippen MR) is 78.1 cm³/mol. The average molecular weight is 269 g/mol. The Balaban J connectivity index is 1.82. The molecule has 0 aliphatic rings. The van der Waals surface area contributed by atoms with Gasteiger partial charge in [0, 0.05) is 23.9 Å². The zero-order chi connectivity index (χ0) is 13.9. The first kappa shape index (κ1) is 12.4. The lowest BCUT2D eigenvalue weighted by Crippen LogP contribution is -2.11. The molecule has 0 saturated carbocycles. The summed E-state index contributed by atoms with van der Waals surface area (Å²) >= 11 is 0. The average Bonchev–Trinajstić information content (AvgIpc) is 2.85. The molecule has 0 bridgehead atoms. The van der Waals surface area contributed by atoms with E-state index in [0.29, 0.717) is 6.04 Å². The Bertz CT molecular complexity index is 722. The summed E-state index contributed by atoms with van der Waals surface area (Å²) in [6.45, 7) is 4.13. The van der Waals surface area contributed by atoms with Crippen LogP contribution in [0.2, 0.25) is 0 Å². The van der Waals surface area contributed by atoms with Crippen molar-refractivity contribution < 1.29 is 4.42 Å². The Morgan fingerprint density at radius 1 is 1.05 bits per heavy atom. The molecule has 0 radical (unpaired) electrons. The highest BCUT2D eigenvalue weighted by atomic mass is 16.3. The van der Waals surface area contributed by atoms with Crippen molar-refractivity contribution in [3.05, 3.63) is 37.0 Å². The lowest BCUT2D eigenvalue weighted by Gasteiger charge is -2.10. The zero-order valence-electron chi connectivity index (χ0n) is 11.3. The predicted octanol–water partition coefficient (Wildman–Crippen LogP) is 3.18. The molecule has 2 heterocycles. The van der Waals surface area contributed by atoms with Gasteiger partial charge in [-0.15, -0.1) is 0 Å². The van der Waals surface area contributed by atoms with Crippen molar-refractivity contribution in [3.8, 4) is 0 Å². The first-order chi connectivity index (χ1) is 9.70. The summed E-state index contributed by atoms with van der Waals surface area (Å²) in [5.74, 6) is 1.51. The molecule has 0 aliphatic heterocycles. The fourth-order valence-corrected chi connectivity index (χ4v) is 1.88. The monoisotopic (exact) mass is 269 g/mol. The third-order valence-corrected chi connectivity index (χ3v) is 2.71. The van der Waals surface area contributed by atoms with Crippen molar-refractivity contribution >= 4 is 28.4 Å². The van der Waals surface area contributed by atoms with Gasteiger partial charge in [0.1, 0.15) is 23.5 Å². The van der Waals surface area contributed by atoms with Gasteiger partial charge in [0.2, 0.25) is 0 Å². The number of nitrogens with one attached hydrogen (secondary N) is 2. The summed E-state index contributed by atoms with van der Waals surface area (Å²) in [5.41, 5.74) is 2.47. The fraction of sp³-hybridized carbons (Fsp3) is 0.214. The number of nitrogens with zero attached hydrogens (tertiary/aromatic N) is 3. The zero-order valence-corrected chi connectivity index (χ0v) is 11.3. The molecule has 20 heavy (non-hydrogen) atoms. The van der Waals surface area contributed by atoms with Gasteiger partial charge < -0.3 is 15.1 Å². The van der Waals surface area contributed by atoms with Crippen molar-refractivity contribution in [1.82, 2.24) is 15.0 Å². The lowest BCUT2D eigenvalue weighted by atomic mass is 10.3. The van der Waals surface area contributed by atoms with Crippen molar-refractivity contribution in [2.24, 2.45) is 0 Å². The van der Waals surface area contributed by atoms with E-state index in [-0.39, 0.29) is 0 Å². The number of anilines is 3. The molecule has 3 aromatic rings. The van der Waals surface area contributed by atoms with Gasteiger partial charge in [0.15, 0.2) is 12.0 Å². The molecule has 0 atom stereocenters. The van der Waals surface area contributed by atoms with Gasteiger partial charge in [-0.2, -0.15) is 0 Å². The van der Waals surface area contributed by atoms with Crippen LogP contribution in [-0.2, 0) is 0 Å². The molecule has 0 saturated heterocycles. The third kappa shape index (κ3) is 2.69. The highest BCUT2D eigenvalue weighted by Gasteiger charge is 2.03. The second kappa shape index (κ2) is 5.16. The van der Waals surface area contributed by atoms with Gasteiger partial charge in [-0.3, -0.25) is 0 Å². The quantitative estimate of drug-likeness (QED) is 0.757. The third-order valence-electron chi connectivity index (χ3n) is 2.71. The van der Waals surface area contributed by atoms with E-state index >= 15 is 0 Å². The van der Waals surface area contributed by atoms with Crippen LogP contribution in [0.15, 0.2) is 41.4 Å². The van der Waals surface area contributed by atoms with Crippen LogP contribution in [0.5, 0.6) is 0 Å². The van der Waals surface area contributed by atoms with Gasteiger partial charge in [-0.05, 0) is 26.0 Å². The van der Waals surface area contributed by atoms with Crippen molar-refractivity contribution in [1.29, 1.82) is 0 Å². The fourth-order valence-electron chi connectivity index (χ4n) is 1.88. The minimum absolute atomic E-state index is 0.322. The summed E-state index contributed by atoms with van der Waals surface area (Å²) in [4.78, 5) is 12.5. The Morgan fingerprint density at radius 3 is 2.75 bits per heavy atom. The number of hydrogen-bond donors (Lipinski definition) is 2. The standard InChI is InChI=1S/C14H15N5O/c1-9(2)18-13-6-14(16-7-15-13)19-10-3-4-11-12(5-10)20-8-17-11/h3-9H,1-2H3,(H2,15,16,18,19). The minimum atomic E-state index is 0.322. The number of hydrogen-bond acceptors (Lipinski definition) is 6. The van der Waals surface area contributed by atoms with E-state index in [1.54, 1.807) is 0 Å². The number of oxazole rings is 1. The molecular formula is C14H15N5O. The molecule has 2 aromatic heterocycles. The SMILES string of the molecule is CC(C)Nc1cc(Nc2ccc3ncoc3c2)ncn1. The number of aromatic nitrogens is 3. The Hall–Kier alpha value is -2.63. The van der Waals surface area contributed by atoms with Crippen LogP contribution in [0.25, 0.3) is 11.1 Å². The van der Waals surface area contributed by atoms with Gasteiger partial charge in [-0.25, -0.2) is 15.0 Å². The Labute approximate surface area is 116 Å². The Kier molecular flexibility index (Phi) is 3.20. The maximum Gasteiger partial charge on any atom is 0.181 e. The first-order valence-corrected chi connectivity index (χ1v) is 6.39. The summed E-state index contributed by atoms with van der Waals surface area (Å²) in [5, 5.41) is 6.46. The lowest BCUT2D eigenvalue weighted by molar-refractivity contribution is 0.602. The van der Waals surface area contributed by atoms with Gasteiger partial charge >= 0.3 is 0 Å². The van der Waals surface area contributed by atoms with Gasteiger partial charge in [-0.1, -0.05) is 0 Å². The summed E-state index contributed by atoms with van der Waals surface area (Å²) in [6.07, 6.45) is 2.96. The molecule has 0 amide bonds. The second-order valence-corrected chi connectivity index (χ2v) is 4.75. The van der Waals surface area contributed by atoms with E-state index in [9.17, 15) is 0 Å². The van der Waals surface area contributed by atoms with E-state index in [1.165, 1.54) is 12.7 Å². The molecule has 0 unspecified atom stereocenters. The molecule has 6 nitrogen and oxygen atoms in total. The Morgan fingerprint density at radius 2 is 1.90 bits per heavy atom. The highest BCUT2D eigenvalue weighted by Crippen LogP contribution is 2.21. The second-order valence-electron chi connectivity index (χ2n) is 4.75. The van der Waals surface area contributed by atoms with E-state index in [2.05, 4.69) is 39.4 Å². The van der Waals surface area contributed by atoms with E-state index < -0.39 is 0 Å². The molecule has 3 rings (SSSR count). The van der Waals surface area contributed by atoms with Crippen molar-refractivity contribution in [3.63, 3.8) is 0 Å². The van der Waals surface area contributed by atoms with Gasteiger partial charge in [0.05, 0.1) is 0 Å². The maximum atomic E-state index is 5.28. The van der Waals surface area contributed by atoms with Crippen molar-refractivity contribution in [2.45, 2.75) is 19.9 Å². The largest absolute Gasteiger partial charge is 0.443 e. The van der Waals surface area contributed by atoms with Crippen LogP contribution in [-0.4, -0.2) is 21.0 Å². The van der Waals surface area contributed by atoms with E-state index in [4.69, 9.17) is 4.42 Å². The molecule has 2 N–H and O–H groups in total.